The van der Waals surface area contributed by atoms with E-state index in [2.05, 4.69) is 17.1 Å². The van der Waals surface area contributed by atoms with Crippen LogP contribution >= 0.6 is 0 Å². The van der Waals surface area contributed by atoms with Gasteiger partial charge in [-0.3, -0.25) is 9.20 Å². The zero-order valence-electron chi connectivity index (χ0n) is 14.5. The smallest absolute Gasteiger partial charge is 0.272 e. The first-order valence-electron chi connectivity index (χ1n) is 8.54. The third-order valence-electron chi connectivity index (χ3n) is 4.97. The summed E-state index contributed by atoms with van der Waals surface area (Å²) in [5.74, 6) is 1.29. The molecule has 1 aliphatic rings. The number of likely N-dealkylation sites (tertiary alicyclic amines) is 1. The molecule has 3 heterocycles. The minimum atomic E-state index is 0.0622. The van der Waals surface area contributed by atoms with Crippen molar-refractivity contribution in [2.45, 2.75) is 19.3 Å². The van der Waals surface area contributed by atoms with Gasteiger partial charge in [-0.05, 0) is 43.2 Å². The first-order valence-corrected chi connectivity index (χ1v) is 8.54. The Hall–Kier alpha value is -2.82. The fourth-order valence-electron chi connectivity index (χ4n) is 3.61. The topological polar surface area (TPSA) is 46.8 Å². The first kappa shape index (κ1) is 15.7. The van der Waals surface area contributed by atoms with Crippen LogP contribution in [0.2, 0.25) is 0 Å². The van der Waals surface area contributed by atoms with Gasteiger partial charge in [0.1, 0.15) is 17.1 Å². The maximum absolute atomic E-state index is 13.1. The number of nitrogens with zero attached hydrogens (tertiary/aromatic N) is 3. The molecule has 4 rings (SSSR count). The molecule has 0 radical (unpaired) electrons. The predicted octanol–water partition coefficient (Wildman–Crippen LogP) is 3.28. The Kier molecular flexibility index (Phi) is 3.92. The van der Waals surface area contributed by atoms with Gasteiger partial charge in [0.2, 0.25) is 0 Å². The monoisotopic (exact) mass is 335 g/mol. The number of rotatable bonds is 3. The fraction of sp³-hybridized carbons (Fsp3) is 0.300. The lowest BCUT2D eigenvalue weighted by Gasteiger charge is -2.17. The number of aromatic nitrogens is 2. The van der Waals surface area contributed by atoms with Gasteiger partial charge < -0.3 is 9.64 Å². The molecule has 1 unspecified atom stereocenters. The van der Waals surface area contributed by atoms with Crippen LogP contribution in [0, 0.1) is 6.92 Å². The lowest BCUT2D eigenvalue weighted by molar-refractivity contribution is 0.0783. The van der Waals surface area contributed by atoms with Crippen LogP contribution in [0.3, 0.4) is 0 Å². The number of methoxy groups -OCH3 is 1. The molecule has 1 atom stereocenters. The van der Waals surface area contributed by atoms with Gasteiger partial charge in [-0.25, -0.2) is 4.98 Å². The maximum Gasteiger partial charge on any atom is 0.272 e. The molecule has 1 aliphatic heterocycles. The van der Waals surface area contributed by atoms with Crippen LogP contribution in [0.4, 0.5) is 0 Å². The van der Waals surface area contributed by atoms with Crippen molar-refractivity contribution in [3.05, 3.63) is 65.6 Å². The zero-order chi connectivity index (χ0) is 17.4. The second-order valence-electron chi connectivity index (χ2n) is 6.48. The van der Waals surface area contributed by atoms with E-state index in [-0.39, 0.29) is 5.91 Å². The van der Waals surface area contributed by atoms with Crippen LogP contribution in [-0.2, 0) is 0 Å². The Bertz CT molecular complexity index is 914. The molecule has 0 saturated carbocycles. The van der Waals surface area contributed by atoms with Crippen molar-refractivity contribution in [3.8, 4) is 5.75 Å². The van der Waals surface area contributed by atoms with E-state index < -0.39 is 0 Å². The number of fused-ring (bicyclic) bond motifs is 1. The van der Waals surface area contributed by atoms with Gasteiger partial charge in [-0.1, -0.05) is 18.2 Å². The van der Waals surface area contributed by atoms with Crippen molar-refractivity contribution in [2.24, 2.45) is 0 Å². The average molecular weight is 335 g/mol. The second-order valence-corrected chi connectivity index (χ2v) is 6.48. The highest BCUT2D eigenvalue weighted by Crippen LogP contribution is 2.29. The lowest BCUT2D eigenvalue weighted by atomic mass is 9.98. The van der Waals surface area contributed by atoms with E-state index in [4.69, 9.17) is 4.74 Å². The van der Waals surface area contributed by atoms with E-state index in [1.165, 1.54) is 5.56 Å². The van der Waals surface area contributed by atoms with E-state index in [1.807, 2.05) is 52.8 Å². The molecule has 0 bridgehead atoms. The van der Waals surface area contributed by atoms with Crippen molar-refractivity contribution >= 4 is 11.6 Å². The molecular formula is C20H21N3O2. The Morgan fingerprint density at radius 1 is 1.20 bits per heavy atom. The summed E-state index contributed by atoms with van der Waals surface area (Å²) in [4.78, 5) is 19.5. The molecule has 1 fully saturated rings. The van der Waals surface area contributed by atoms with Crippen LogP contribution in [-0.4, -0.2) is 40.4 Å². The molecule has 5 nitrogen and oxygen atoms in total. The lowest BCUT2D eigenvalue weighted by Crippen LogP contribution is -2.30. The maximum atomic E-state index is 13.1. The van der Waals surface area contributed by atoms with Crippen LogP contribution in [0.5, 0.6) is 5.75 Å². The zero-order valence-corrected chi connectivity index (χ0v) is 14.5. The summed E-state index contributed by atoms with van der Waals surface area (Å²) in [6.07, 6.45) is 2.88. The SMILES string of the molecule is COc1ccc(C2CCN(C(=O)c3c(C)nc4ccccn34)C2)cc1. The second kappa shape index (κ2) is 6.24. The normalized spacial score (nSPS) is 17.2. The summed E-state index contributed by atoms with van der Waals surface area (Å²) in [5, 5.41) is 0. The molecule has 128 valence electrons. The fourth-order valence-corrected chi connectivity index (χ4v) is 3.61. The standard InChI is InChI=1S/C20H21N3O2/c1-14-19(23-11-4-3-5-18(23)21-14)20(24)22-12-10-16(13-22)15-6-8-17(25-2)9-7-15/h3-9,11,16H,10,12-13H2,1-2H3. The Labute approximate surface area is 146 Å². The van der Waals surface area contributed by atoms with Gasteiger partial charge in [0.25, 0.3) is 5.91 Å². The van der Waals surface area contributed by atoms with Crippen LogP contribution < -0.4 is 4.74 Å². The predicted molar refractivity (Wildman–Crippen MR) is 96.2 cm³/mol. The quantitative estimate of drug-likeness (QED) is 0.738. The van der Waals surface area contributed by atoms with Crippen LogP contribution in [0.25, 0.3) is 5.65 Å². The molecule has 1 saturated heterocycles. The number of amides is 1. The van der Waals surface area contributed by atoms with Crippen molar-refractivity contribution < 1.29 is 9.53 Å². The highest BCUT2D eigenvalue weighted by molar-refractivity contribution is 5.95. The Balaban J connectivity index is 1.56. The third kappa shape index (κ3) is 2.76. The highest BCUT2D eigenvalue weighted by Gasteiger charge is 2.30. The molecule has 3 aromatic rings. The average Bonchev–Trinajstić information content (AvgIpc) is 3.25. The number of carbonyl (C=O) groups is 1. The van der Waals surface area contributed by atoms with E-state index in [1.54, 1.807) is 7.11 Å². The molecule has 1 amide bonds. The summed E-state index contributed by atoms with van der Waals surface area (Å²) in [5.41, 5.74) is 3.52. The Morgan fingerprint density at radius 2 is 2.00 bits per heavy atom. The van der Waals surface area contributed by atoms with Crippen molar-refractivity contribution in [1.82, 2.24) is 14.3 Å². The van der Waals surface area contributed by atoms with Crippen molar-refractivity contribution in [3.63, 3.8) is 0 Å². The van der Waals surface area contributed by atoms with Crippen LogP contribution in [0.1, 0.15) is 34.1 Å². The molecule has 25 heavy (non-hydrogen) atoms. The number of carbonyl (C=O) groups excluding carboxylic acids is 1. The largest absolute Gasteiger partial charge is 0.497 e. The number of ether oxygens (including phenoxy) is 1. The molecule has 0 spiro atoms. The number of benzene rings is 1. The summed E-state index contributed by atoms with van der Waals surface area (Å²) in [6, 6.07) is 13.9. The van der Waals surface area contributed by atoms with Crippen LogP contribution in [0.15, 0.2) is 48.7 Å². The summed E-state index contributed by atoms with van der Waals surface area (Å²) < 4.78 is 7.11. The minimum Gasteiger partial charge on any atom is -0.497 e. The molecule has 0 N–H and O–H groups in total. The molecular weight excluding hydrogens is 314 g/mol. The van der Waals surface area contributed by atoms with Gasteiger partial charge in [0.05, 0.1) is 12.8 Å². The molecule has 1 aromatic carbocycles. The number of aryl methyl sites for hydroxylation is 1. The van der Waals surface area contributed by atoms with Gasteiger partial charge in [-0.2, -0.15) is 0 Å². The van der Waals surface area contributed by atoms with Crippen molar-refractivity contribution in [2.75, 3.05) is 20.2 Å². The van der Waals surface area contributed by atoms with E-state index >= 15 is 0 Å². The van der Waals surface area contributed by atoms with Crippen molar-refractivity contribution in [1.29, 1.82) is 0 Å². The third-order valence-corrected chi connectivity index (χ3v) is 4.97. The van der Waals surface area contributed by atoms with E-state index in [9.17, 15) is 4.79 Å². The van der Waals surface area contributed by atoms with E-state index in [0.717, 1.165) is 36.6 Å². The Morgan fingerprint density at radius 3 is 2.76 bits per heavy atom. The molecule has 2 aromatic heterocycles. The highest BCUT2D eigenvalue weighted by atomic mass is 16.5. The number of imidazole rings is 1. The molecule has 5 heteroatoms. The van der Waals surface area contributed by atoms with E-state index in [0.29, 0.717) is 11.6 Å². The first-order chi connectivity index (χ1) is 12.2. The number of hydrogen-bond donors (Lipinski definition) is 0. The number of pyridine rings is 1. The number of hydrogen-bond acceptors (Lipinski definition) is 3. The summed E-state index contributed by atoms with van der Waals surface area (Å²) in [6.45, 7) is 3.41. The van der Waals surface area contributed by atoms with Gasteiger partial charge in [-0.15, -0.1) is 0 Å². The minimum absolute atomic E-state index is 0.0622. The van der Waals surface area contributed by atoms with Gasteiger partial charge in [0, 0.05) is 25.2 Å². The van der Waals surface area contributed by atoms with Gasteiger partial charge in [0.15, 0.2) is 0 Å². The summed E-state index contributed by atoms with van der Waals surface area (Å²) >= 11 is 0. The molecule has 0 aliphatic carbocycles. The van der Waals surface area contributed by atoms with Gasteiger partial charge >= 0.3 is 0 Å². The summed E-state index contributed by atoms with van der Waals surface area (Å²) in [7, 11) is 1.67.